The van der Waals surface area contributed by atoms with Crippen LogP contribution in [0.5, 0.6) is 0 Å². The third-order valence-corrected chi connectivity index (χ3v) is 2.76. The predicted octanol–water partition coefficient (Wildman–Crippen LogP) is 2.74. The molecule has 1 aliphatic rings. The second-order valence-corrected chi connectivity index (χ2v) is 4.25. The van der Waals surface area contributed by atoms with Crippen LogP contribution in [-0.4, -0.2) is 19.3 Å². The highest BCUT2D eigenvalue weighted by Gasteiger charge is 2.24. The summed E-state index contributed by atoms with van der Waals surface area (Å²) in [5, 5.41) is 0. The Hall–Kier alpha value is -0.500. The van der Waals surface area contributed by atoms with Gasteiger partial charge < -0.3 is 9.47 Å². The molecular formula is C11H20O2. The summed E-state index contributed by atoms with van der Waals surface area (Å²) in [6, 6.07) is 0. The molecule has 1 fully saturated rings. The van der Waals surface area contributed by atoms with Crippen molar-refractivity contribution in [3.05, 3.63) is 12.3 Å². The van der Waals surface area contributed by atoms with Crippen molar-refractivity contribution in [2.75, 3.05) is 13.2 Å². The summed E-state index contributed by atoms with van der Waals surface area (Å²) in [7, 11) is 0. The maximum atomic E-state index is 5.57. The number of allylic oxidation sites excluding steroid dienone is 1. The van der Waals surface area contributed by atoms with Crippen LogP contribution in [0.4, 0.5) is 0 Å². The van der Waals surface area contributed by atoms with E-state index >= 15 is 0 Å². The van der Waals surface area contributed by atoms with Gasteiger partial charge in [0.2, 0.25) is 0 Å². The Morgan fingerprint density at radius 3 is 2.69 bits per heavy atom. The van der Waals surface area contributed by atoms with Crippen LogP contribution in [0.1, 0.15) is 33.6 Å². The molecule has 1 rings (SSSR count). The van der Waals surface area contributed by atoms with Gasteiger partial charge in [-0.25, -0.2) is 0 Å². The molecule has 1 atom stereocenters. The van der Waals surface area contributed by atoms with E-state index in [1.807, 2.05) is 0 Å². The average Bonchev–Trinajstić information content (AvgIpc) is 2.88. The molecule has 0 aliphatic carbocycles. The highest BCUT2D eigenvalue weighted by Crippen LogP contribution is 2.29. The first kappa shape index (κ1) is 10.6. The lowest BCUT2D eigenvalue weighted by Crippen LogP contribution is -2.15. The van der Waals surface area contributed by atoms with Gasteiger partial charge >= 0.3 is 0 Å². The van der Waals surface area contributed by atoms with E-state index in [1.165, 1.54) is 0 Å². The molecule has 0 bridgehead atoms. The van der Waals surface area contributed by atoms with Gasteiger partial charge in [0.15, 0.2) is 0 Å². The van der Waals surface area contributed by atoms with E-state index in [0.717, 1.165) is 31.8 Å². The third-order valence-electron chi connectivity index (χ3n) is 2.76. The summed E-state index contributed by atoms with van der Waals surface area (Å²) in [6.07, 6.45) is 2.52. The molecule has 13 heavy (non-hydrogen) atoms. The highest BCUT2D eigenvalue weighted by molar-refractivity contribution is 4.97. The molecule has 0 N–H and O–H groups in total. The Labute approximate surface area is 80.9 Å². The van der Waals surface area contributed by atoms with Crippen molar-refractivity contribution in [3.8, 4) is 0 Å². The van der Waals surface area contributed by atoms with Crippen LogP contribution in [0, 0.1) is 5.41 Å². The summed E-state index contributed by atoms with van der Waals surface area (Å²) < 4.78 is 10.7. The molecule has 2 nitrogen and oxygen atoms in total. The van der Waals surface area contributed by atoms with E-state index in [2.05, 4.69) is 27.4 Å². The minimum Gasteiger partial charge on any atom is -0.498 e. The molecule has 0 amide bonds. The molecule has 0 aromatic rings. The maximum absolute atomic E-state index is 5.57. The summed E-state index contributed by atoms with van der Waals surface area (Å²) in [6.45, 7) is 12.1. The molecule has 0 saturated carbocycles. The number of rotatable bonds is 6. The van der Waals surface area contributed by atoms with Crippen LogP contribution in [0.2, 0.25) is 0 Å². The highest BCUT2D eigenvalue weighted by atomic mass is 16.6. The van der Waals surface area contributed by atoms with E-state index in [-0.39, 0.29) is 5.41 Å². The molecule has 0 radical (unpaired) electrons. The van der Waals surface area contributed by atoms with Gasteiger partial charge in [0, 0.05) is 11.8 Å². The molecule has 1 heterocycles. The molecule has 76 valence electrons. The topological polar surface area (TPSA) is 21.8 Å². The van der Waals surface area contributed by atoms with Gasteiger partial charge in [-0.1, -0.05) is 27.4 Å². The number of hydrogen-bond acceptors (Lipinski definition) is 2. The van der Waals surface area contributed by atoms with E-state index in [1.54, 1.807) is 0 Å². The second-order valence-electron chi connectivity index (χ2n) is 4.25. The van der Waals surface area contributed by atoms with E-state index in [0.29, 0.717) is 6.10 Å². The van der Waals surface area contributed by atoms with Gasteiger partial charge in [-0.05, 0) is 6.42 Å². The normalized spacial score (nSPS) is 21.3. The Kier molecular flexibility index (Phi) is 3.37. The lowest BCUT2D eigenvalue weighted by Gasteiger charge is -2.25. The van der Waals surface area contributed by atoms with Gasteiger partial charge in [0.05, 0.1) is 25.1 Å². The van der Waals surface area contributed by atoms with Crippen molar-refractivity contribution in [2.45, 2.75) is 39.7 Å². The molecule has 1 unspecified atom stereocenters. The van der Waals surface area contributed by atoms with Gasteiger partial charge in [0.25, 0.3) is 0 Å². The van der Waals surface area contributed by atoms with Gasteiger partial charge in [-0.15, -0.1) is 0 Å². The second kappa shape index (κ2) is 4.14. The quantitative estimate of drug-likeness (QED) is 0.467. The number of epoxide rings is 1. The zero-order chi connectivity index (χ0) is 9.90. The largest absolute Gasteiger partial charge is 0.498 e. The van der Waals surface area contributed by atoms with Crippen LogP contribution in [0.3, 0.4) is 0 Å². The monoisotopic (exact) mass is 184 g/mol. The molecule has 0 spiro atoms. The first-order chi connectivity index (χ1) is 6.06. The van der Waals surface area contributed by atoms with Crippen molar-refractivity contribution in [1.29, 1.82) is 0 Å². The predicted molar refractivity (Wildman–Crippen MR) is 53.5 cm³/mol. The zero-order valence-corrected chi connectivity index (χ0v) is 8.93. The molecule has 2 heteroatoms. The summed E-state index contributed by atoms with van der Waals surface area (Å²) in [5.74, 6) is 0.899. The van der Waals surface area contributed by atoms with Gasteiger partial charge in [-0.3, -0.25) is 0 Å². The summed E-state index contributed by atoms with van der Waals surface area (Å²) in [4.78, 5) is 0. The minimum atomic E-state index is 0.102. The Balaban J connectivity index is 2.15. The molecule has 1 saturated heterocycles. The van der Waals surface area contributed by atoms with E-state index < -0.39 is 0 Å². The molecule has 0 aromatic carbocycles. The maximum Gasteiger partial charge on any atom is 0.0944 e. The third kappa shape index (κ3) is 3.39. The lowest BCUT2D eigenvalue weighted by molar-refractivity contribution is 0.134. The van der Waals surface area contributed by atoms with Crippen LogP contribution in [0.15, 0.2) is 12.3 Å². The smallest absolute Gasteiger partial charge is 0.0944 e. The van der Waals surface area contributed by atoms with Crippen molar-refractivity contribution in [2.24, 2.45) is 5.41 Å². The minimum absolute atomic E-state index is 0.102. The Morgan fingerprint density at radius 1 is 1.62 bits per heavy atom. The first-order valence-corrected chi connectivity index (χ1v) is 5.00. The van der Waals surface area contributed by atoms with Crippen LogP contribution in [0.25, 0.3) is 0 Å². The average molecular weight is 184 g/mol. The SMILES string of the molecule is C=C(OCCC1CO1)C(C)(C)CC. The lowest BCUT2D eigenvalue weighted by atomic mass is 9.88. The van der Waals surface area contributed by atoms with Crippen LogP contribution < -0.4 is 0 Å². The molecule has 0 aromatic heterocycles. The molecular weight excluding hydrogens is 164 g/mol. The summed E-state index contributed by atoms with van der Waals surface area (Å²) >= 11 is 0. The van der Waals surface area contributed by atoms with Crippen LogP contribution in [-0.2, 0) is 9.47 Å². The van der Waals surface area contributed by atoms with E-state index in [4.69, 9.17) is 9.47 Å². The van der Waals surface area contributed by atoms with E-state index in [9.17, 15) is 0 Å². The van der Waals surface area contributed by atoms with Crippen molar-refractivity contribution in [1.82, 2.24) is 0 Å². The fraction of sp³-hybridized carbons (Fsp3) is 0.818. The number of hydrogen-bond donors (Lipinski definition) is 0. The fourth-order valence-electron chi connectivity index (χ4n) is 0.941. The van der Waals surface area contributed by atoms with Crippen molar-refractivity contribution in [3.63, 3.8) is 0 Å². The van der Waals surface area contributed by atoms with Crippen LogP contribution >= 0.6 is 0 Å². The first-order valence-electron chi connectivity index (χ1n) is 5.00. The van der Waals surface area contributed by atoms with Gasteiger partial charge in [-0.2, -0.15) is 0 Å². The Bertz CT molecular complexity index is 181. The summed E-state index contributed by atoms with van der Waals surface area (Å²) in [5.41, 5.74) is 0.102. The van der Waals surface area contributed by atoms with Gasteiger partial charge in [0.1, 0.15) is 0 Å². The standard InChI is InChI=1S/C11H20O2/c1-5-11(3,4)9(2)12-7-6-10-8-13-10/h10H,2,5-8H2,1,3-4H3. The Morgan fingerprint density at radius 2 is 2.23 bits per heavy atom. The molecule has 1 aliphatic heterocycles. The fourth-order valence-corrected chi connectivity index (χ4v) is 0.941. The van der Waals surface area contributed by atoms with Crippen molar-refractivity contribution >= 4 is 0 Å². The number of ether oxygens (including phenoxy) is 2. The van der Waals surface area contributed by atoms with Crippen molar-refractivity contribution < 1.29 is 9.47 Å². The zero-order valence-electron chi connectivity index (χ0n) is 8.93.